The van der Waals surface area contributed by atoms with Crippen molar-refractivity contribution in [2.45, 2.75) is 0 Å². The lowest BCUT2D eigenvalue weighted by molar-refractivity contribution is 0.324. The highest BCUT2D eigenvalue weighted by Crippen LogP contribution is 2.38. The van der Waals surface area contributed by atoms with E-state index in [1.807, 2.05) is 54.6 Å². The van der Waals surface area contributed by atoms with Gasteiger partial charge in [-0.25, -0.2) is 4.98 Å². The molecule has 0 saturated heterocycles. The molecule has 5 heteroatoms. The van der Waals surface area contributed by atoms with Crippen LogP contribution in [0.5, 0.6) is 17.2 Å². The van der Waals surface area contributed by atoms with E-state index < -0.39 is 0 Å². The number of aromatic amines is 1. The molecular weight excluding hydrogens is 364 g/mol. The number of H-pyrrole nitrogens is 1. The second kappa shape index (κ2) is 8.10. The lowest BCUT2D eigenvalue weighted by atomic mass is 10.1. The summed E-state index contributed by atoms with van der Waals surface area (Å²) in [6, 6.07) is 20.1. The fourth-order valence-electron chi connectivity index (χ4n) is 3.27. The second-order valence-corrected chi connectivity index (χ2v) is 6.52. The predicted octanol–water partition coefficient (Wildman–Crippen LogP) is 5.43. The number of rotatable bonds is 6. The van der Waals surface area contributed by atoms with Crippen LogP contribution in [0.1, 0.15) is 11.1 Å². The van der Waals surface area contributed by atoms with Crippen molar-refractivity contribution in [3.8, 4) is 28.6 Å². The van der Waals surface area contributed by atoms with Crippen LogP contribution in [0, 0.1) is 0 Å². The van der Waals surface area contributed by atoms with Gasteiger partial charge in [0.1, 0.15) is 5.82 Å². The third-order valence-corrected chi connectivity index (χ3v) is 4.70. The maximum atomic E-state index is 5.43. The number of benzene rings is 3. The van der Waals surface area contributed by atoms with Gasteiger partial charge in [-0.2, -0.15) is 0 Å². The summed E-state index contributed by atoms with van der Waals surface area (Å²) in [4.78, 5) is 8.05. The predicted molar refractivity (Wildman–Crippen MR) is 117 cm³/mol. The van der Waals surface area contributed by atoms with Gasteiger partial charge in [-0.05, 0) is 41.5 Å². The zero-order valence-electron chi connectivity index (χ0n) is 16.6. The Morgan fingerprint density at radius 1 is 0.759 bits per heavy atom. The highest BCUT2D eigenvalue weighted by molar-refractivity contribution is 5.80. The van der Waals surface area contributed by atoms with E-state index in [2.05, 4.69) is 28.2 Å². The van der Waals surface area contributed by atoms with Crippen LogP contribution in [-0.2, 0) is 0 Å². The SMILES string of the molecule is COc1cc(C=Cc2cccc(-c3nc4ccccc4[nH]3)c2)cc(OC)c1OC. The number of nitrogens with one attached hydrogen (secondary N) is 1. The molecule has 4 rings (SSSR count). The Morgan fingerprint density at radius 3 is 2.17 bits per heavy atom. The van der Waals surface area contributed by atoms with Gasteiger partial charge in [-0.1, -0.05) is 42.5 Å². The lowest BCUT2D eigenvalue weighted by Gasteiger charge is -2.12. The number of methoxy groups -OCH3 is 3. The van der Waals surface area contributed by atoms with Crippen molar-refractivity contribution >= 4 is 23.2 Å². The molecule has 1 N–H and O–H groups in total. The van der Waals surface area contributed by atoms with E-state index in [-0.39, 0.29) is 0 Å². The molecule has 29 heavy (non-hydrogen) atoms. The van der Waals surface area contributed by atoms with Crippen LogP contribution in [0.4, 0.5) is 0 Å². The Kier molecular flexibility index (Phi) is 5.20. The first kappa shape index (κ1) is 18.6. The van der Waals surface area contributed by atoms with E-state index in [9.17, 15) is 0 Å². The van der Waals surface area contributed by atoms with Crippen LogP contribution in [0.3, 0.4) is 0 Å². The van der Waals surface area contributed by atoms with E-state index in [0.717, 1.165) is 33.5 Å². The molecule has 0 bridgehead atoms. The Labute approximate surface area is 169 Å². The maximum Gasteiger partial charge on any atom is 0.203 e. The molecule has 0 aliphatic carbocycles. The number of hydrogen-bond acceptors (Lipinski definition) is 4. The van der Waals surface area contributed by atoms with Gasteiger partial charge in [0, 0.05) is 5.56 Å². The van der Waals surface area contributed by atoms with Gasteiger partial charge in [-0.15, -0.1) is 0 Å². The van der Waals surface area contributed by atoms with Crippen molar-refractivity contribution in [1.29, 1.82) is 0 Å². The number of aromatic nitrogens is 2. The number of hydrogen-bond donors (Lipinski definition) is 1. The van der Waals surface area contributed by atoms with Gasteiger partial charge < -0.3 is 19.2 Å². The van der Waals surface area contributed by atoms with Crippen LogP contribution < -0.4 is 14.2 Å². The van der Waals surface area contributed by atoms with Crippen LogP contribution >= 0.6 is 0 Å². The number of ether oxygens (including phenoxy) is 3. The quantitative estimate of drug-likeness (QED) is 0.449. The number of para-hydroxylation sites is 2. The average Bonchev–Trinajstić information content (AvgIpc) is 3.21. The minimum atomic E-state index is 0.582. The maximum absolute atomic E-state index is 5.43. The van der Waals surface area contributed by atoms with Crippen molar-refractivity contribution in [2.75, 3.05) is 21.3 Å². The molecule has 0 aliphatic rings. The van der Waals surface area contributed by atoms with Crippen molar-refractivity contribution < 1.29 is 14.2 Å². The van der Waals surface area contributed by atoms with Gasteiger partial charge in [0.05, 0.1) is 32.4 Å². The van der Waals surface area contributed by atoms with Gasteiger partial charge in [0.25, 0.3) is 0 Å². The monoisotopic (exact) mass is 386 g/mol. The zero-order valence-corrected chi connectivity index (χ0v) is 16.6. The first-order valence-electron chi connectivity index (χ1n) is 9.25. The highest BCUT2D eigenvalue weighted by atomic mass is 16.5. The molecule has 0 spiro atoms. The number of fused-ring (bicyclic) bond motifs is 1. The summed E-state index contributed by atoms with van der Waals surface area (Å²) in [7, 11) is 4.82. The fraction of sp³-hybridized carbons (Fsp3) is 0.125. The molecule has 1 aromatic heterocycles. The van der Waals surface area contributed by atoms with Crippen LogP contribution in [0.15, 0.2) is 60.7 Å². The molecule has 1 heterocycles. The molecule has 0 radical (unpaired) electrons. The van der Waals surface area contributed by atoms with Crippen molar-refractivity contribution in [1.82, 2.24) is 9.97 Å². The van der Waals surface area contributed by atoms with Crippen LogP contribution in [-0.4, -0.2) is 31.3 Å². The van der Waals surface area contributed by atoms with E-state index in [1.54, 1.807) is 21.3 Å². The summed E-state index contributed by atoms with van der Waals surface area (Å²) in [5.74, 6) is 2.69. The largest absolute Gasteiger partial charge is 0.493 e. The second-order valence-electron chi connectivity index (χ2n) is 6.52. The molecule has 0 fully saturated rings. The molecule has 0 amide bonds. The Bertz CT molecular complexity index is 1120. The minimum absolute atomic E-state index is 0.582. The van der Waals surface area contributed by atoms with E-state index in [4.69, 9.17) is 14.2 Å². The number of imidazole rings is 1. The third kappa shape index (κ3) is 3.80. The lowest BCUT2D eigenvalue weighted by Crippen LogP contribution is -1.95. The molecule has 3 aromatic carbocycles. The highest BCUT2D eigenvalue weighted by Gasteiger charge is 2.12. The minimum Gasteiger partial charge on any atom is -0.493 e. The summed E-state index contributed by atoms with van der Waals surface area (Å²) >= 11 is 0. The van der Waals surface area contributed by atoms with Crippen LogP contribution in [0.25, 0.3) is 34.6 Å². The summed E-state index contributed by atoms with van der Waals surface area (Å²) in [5, 5.41) is 0. The molecule has 0 unspecified atom stereocenters. The third-order valence-electron chi connectivity index (χ3n) is 4.70. The van der Waals surface area contributed by atoms with Gasteiger partial charge in [0.2, 0.25) is 5.75 Å². The summed E-state index contributed by atoms with van der Waals surface area (Å²) in [6.07, 6.45) is 4.06. The Hall–Kier alpha value is -3.73. The topological polar surface area (TPSA) is 56.4 Å². The molecule has 5 nitrogen and oxygen atoms in total. The molecule has 146 valence electrons. The Balaban J connectivity index is 1.65. The first-order chi connectivity index (χ1) is 14.2. The number of nitrogens with zero attached hydrogens (tertiary/aromatic N) is 1. The first-order valence-corrected chi connectivity index (χ1v) is 9.25. The molecular formula is C24H22N2O3. The van der Waals surface area contributed by atoms with Crippen molar-refractivity contribution in [3.63, 3.8) is 0 Å². The van der Waals surface area contributed by atoms with E-state index >= 15 is 0 Å². The summed E-state index contributed by atoms with van der Waals surface area (Å²) < 4.78 is 16.2. The van der Waals surface area contributed by atoms with E-state index in [1.165, 1.54) is 0 Å². The molecule has 0 saturated carbocycles. The van der Waals surface area contributed by atoms with Crippen molar-refractivity contribution in [2.24, 2.45) is 0 Å². The van der Waals surface area contributed by atoms with E-state index in [0.29, 0.717) is 17.2 Å². The zero-order chi connectivity index (χ0) is 20.2. The Morgan fingerprint density at radius 2 is 1.48 bits per heavy atom. The summed E-state index contributed by atoms with van der Waals surface area (Å²) in [5.41, 5.74) is 5.04. The summed E-state index contributed by atoms with van der Waals surface area (Å²) in [6.45, 7) is 0. The van der Waals surface area contributed by atoms with Crippen LogP contribution in [0.2, 0.25) is 0 Å². The van der Waals surface area contributed by atoms with Crippen molar-refractivity contribution in [3.05, 3.63) is 71.8 Å². The molecule has 0 atom stereocenters. The standard InChI is InChI=1S/C24H22N2O3/c1-27-21-14-17(15-22(28-2)23(21)29-3)12-11-16-7-6-8-18(13-16)24-25-19-9-4-5-10-20(19)26-24/h4-15H,1-3H3,(H,25,26). The molecule has 4 aromatic rings. The van der Waals surface area contributed by atoms with Gasteiger partial charge >= 0.3 is 0 Å². The smallest absolute Gasteiger partial charge is 0.203 e. The van der Waals surface area contributed by atoms with Gasteiger partial charge in [-0.3, -0.25) is 0 Å². The fourth-order valence-corrected chi connectivity index (χ4v) is 3.27. The average molecular weight is 386 g/mol. The molecule has 0 aliphatic heterocycles. The normalized spacial score (nSPS) is 11.1. The van der Waals surface area contributed by atoms with Gasteiger partial charge in [0.15, 0.2) is 11.5 Å².